The summed E-state index contributed by atoms with van der Waals surface area (Å²) in [5.74, 6) is -2.50. The van der Waals surface area contributed by atoms with Crippen LogP contribution in [-0.4, -0.2) is 88.4 Å². The zero-order valence-electron chi connectivity index (χ0n) is 26.9. The number of aliphatic hydroxyl groups is 2. The maximum atomic E-state index is 15.6. The molecule has 5 N–H and O–H groups in total. The lowest BCUT2D eigenvalue weighted by molar-refractivity contribution is -0.286. The van der Waals surface area contributed by atoms with E-state index in [9.17, 15) is 33.7 Å². The molecule has 1 saturated carbocycles. The molecule has 3 aromatic rings. The van der Waals surface area contributed by atoms with Gasteiger partial charge in [0.2, 0.25) is 5.91 Å². The van der Waals surface area contributed by atoms with Crippen LogP contribution in [-0.2, 0) is 27.0 Å². The Kier molecular flexibility index (Phi) is 9.13. The number of aromatic nitrogens is 1. The average molecular weight is 675 g/mol. The highest BCUT2D eigenvalue weighted by Crippen LogP contribution is 2.52. The summed E-state index contributed by atoms with van der Waals surface area (Å²) in [7, 11) is 0. The molecule has 14 heteroatoms. The number of aliphatic carboxylic acids is 1. The van der Waals surface area contributed by atoms with Crippen LogP contribution in [0.1, 0.15) is 50.8 Å². The van der Waals surface area contributed by atoms with Crippen molar-refractivity contribution >= 4 is 28.5 Å². The summed E-state index contributed by atoms with van der Waals surface area (Å²) in [4.78, 5) is 26.9. The van der Waals surface area contributed by atoms with Crippen LogP contribution in [0.4, 0.5) is 18.9 Å². The van der Waals surface area contributed by atoms with E-state index in [1.54, 1.807) is 4.57 Å². The van der Waals surface area contributed by atoms with Gasteiger partial charge in [0, 0.05) is 42.2 Å². The Bertz CT molecular complexity index is 1700. The van der Waals surface area contributed by atoms with Crippen LogP contribution in [0.2, 0.25) is 0 Å². The third kappa shape index (κ3) is 6.84. The monoisotopic (exact) mass is 674 g/mol. The highest BCUT2D eigenvalue weighted by atomic mass is 19.3. The van der Waals surface area contributed by atoms with Gasteiger partial charge in [-0.15, -0.1) is 8.78 Å². The first-order chi connectivity index (χ1) is 22.7. The van der Waals surface area contributed by atoms with Gasteiger partial charge in [0.05, 0.1) is 41.8 Å². The molecule has 2 aliphatic heterocycles. The van der Waals surface area contributed by atoms with Crippen molar-refractivity contribution in [2.24, 2.45) is 5.92 Å². The fraction of sp³-hybridized carbons (Fsp3) is 0.529. The Morgan fingerprint density at radius 2 is 1.79 bits per heavy atom. The first-order valence-corrected chi connectivity index (χ1v) is 16.2. The molecular formula is C34H41F3N4O7. The number of hydrogen-bond donors (Lipinski definition) is 5. The third-order valence-electron chi connectivity index (χ3n) is 9.78. The summed E-state index contributed by atoms with van der Waals surface area (Å²) in [6, 6.07) is 8.84. The van der Waals surface area contributed by atoms with Gasteiger partial charge in [-0.25, -0.2) is 4.39 Å². The summed E-state index contributed by atoms with van der Waals surface area (Å²) in [6.07, 6.45) is -2.50. The SMILES string of the molecule is CC(C)(CO)c1cc2cc(NC(=O)C3(c4ccc5c(c4)OC(F)(F)O5)CC3)c(F)cc2n1C[C@@H](O)CNCCN1CCC(C(=O)O)CC1. The molecule has 1 aliphatic carbocycles. The molecule has 48 heavy (non-hydrogen) atoms. The smallest absolute Gasteiger partial charge is 0.481 e. The third-order valence-corrected chi connectivity index (χ3v) is 9.78. The Balaban J connectivity index is 1.14. The second-order valence-corrected chi connectivity index (χ2v) is 13.8. The van der Waals surface area contributed by atoms with Crippen molar-refractivity contribution in [2.75, 3.05) is 44.6 Å². The van der Waals surface area contributed by atoms with E-state index < -0.39 is 40.9 Å². The van der Waals surface area contributed by atoms with E-state index >= 15 is 4.39 Å². The number of ether oxygens (including phenoxy) is 2. The van der Waals surface area contributed by atoms with Crippen molar-refractivity contribution in [3.63, 3.8) is 0 Å². The Morgan fingerprint density at radius 1 is 1.08 bits per heavy atom. The topological polar surface area (TPSA) is 146 Å². The zero-order chi connectivity index (χ0) is 34.4. The molecule has 2 aromatic carbocycles. The largest absolute Gasteiger partial charge is 0.586 e. The van der Waals surface area contributed by atoms with Crippen molar-refractivity contribution in [1.29, 1.82) is 0 Å². The molecule has 0 unspecified atom stereocenters. The van der Waals surface area contributed by atoms with Crippen molar-refractivity contribution in [2.45, 2.75) is 69.3 Å². The quantitative estimate of drug-likeness (QED) is 0.171. The number of carbonyl (C=O) groups is 2. The molecule has 1 aromatic heterocycles. The van der Waals surface area contributed by atoms with Crippen LogP contribution in [0, 0.1) is 11.7 Å². The lowest BCUT2D eigenvalue weighted by atomic mass is 9.90. The zero-order valence-corrected chi connectivity index (χ0v) is 26.9. The molecule has 11 nitrogen and oxygen atoms in total. The lowest BCUT2D eigenvalue weighted by Gasteiger charge is -2.30. The maximum Gasteiger partial charge on any atom is 0.586 e. The molecule has 3 heterocycles. The van der Waals surface area contributed by atoms with E-state index in [1.807, 2.05) is 19.9 Å². The number of benzene rings is 2. The van der Waals surface area contributed by atoms with Crippen LogP contribution in [0.3, 0.4) is 0 Å². The van der Waals surface area contributed by atoms with Gasteiger partial charge in [0.25, 0.3) is 0 Å². The minimum Gasteiger partial charge on any atom is -0.481 e. The van der Waals surface area contributed by atoms with Crippen molar-refractivity contribution in [3.8, 4) is 11.5 Å². The second kappa shape index (κ2) is 12.9. The Morgan fingerprint density at radius 3 is 2.46 bits per heavy atom. The fourth-order valence-corrected chi connectivity index (χ4v) is 6.66. The highest BCUT2D eigenvalue weighted by molar-refractivity contribution is 6.03. The molecule has 0 bridgehead atoms. The molecule has 3 aliphatic rings. The molecule has 6 rings (SSSR count). The van der Waals surface area contributed by atoms with E-state index in [4.69, 9.17) is 0 Å². The van der Waals surface area contributed by atoms with Gasteiger partial charge in [0.15, 0.2) is 11.5 Å². The van der Waals surface area contributed by atoms with Crippen LogP contribution in [0.5, 0.6) is 11.5 Å². The van der Waals surface area contributed by atoms with Crippen LogP contribution in [0.25, 0.3) is 10.9 Å². The first kappa shape index (κ1) is 34.0. The number of alkyl halides is 2. The normalized spacial score (nSPS) is 19.4. The van der Waals surface area contributed by atoms with Crippen LogP contribution < -0.4 is 20.1 Å². The number of amides is 1. The number of nitrogens with zero attached hydrogens (tertiary/aromatic N) is 2. The van der Waals surface area contributed by atoms with Crippen molar-refractivity contribution < 1.29 is 47.6 Å². The van der Waals surface area contributed by atoms with E-state index in [0.717, 1.165) is 6.54 Å². The Hall–Kier alpha value is -3.85. The van der Waals surface area contributed by atoms with Gasteiger partial charge in [-0.3, -0.25) is 9.59 Å². The standard InChI is InChI=1S/C34H41F3N4O7/c1-32(2,19-42)29-14-21-13-25(39-31(46)33(7-8-33)22-3-4-27-28(15-22)48-34(36,37)47-27)24(35)16-26(21)41(29)18-23(43)17-38-9-12-40-10-5-20(6-11-40)30(44)45/h3-4,13-16,20,23,38,42-43H,5-12,17-19H2,1-2H3,(H,39,46)(H,44,45)/t23-/m0/s1. The van der Waals surface area contributed by atoms with Crippen molar-refractivity contribution in [1.82, 2.24) is 14.8 Å². The predicted molar refractivity (Wildman–Crippen MR) is 170 cm³/mol. The molecule has 1 saturated heterocycles. The molecule has 260 valence electrons. The van der Waals surface area contributed by atoms with Crippen LogP contribution in [0.15, 0.2) is 36.4 Å². The minimum absolute atomic E-state index is 0.0499. The minimum atomic E-state index is -3.78. The molecule has 0 radical (unpaired) electrons. The van der Waals surface area contributed by atoms with Gasteiger partial charge in [-0.1, -0.05) is 19.9 Å². The predicted octanol–water partition coefficient (Wildman–Crippen LogP) is 3.79. The number of piperidine rings is 1. The van der Waals surface area contributed by atoms with Gasteiger partial charge < -0.3 is 44.9 Å². The first-order valence-electron chi connectivity index (χ1n) is 16.2. The van der Waals surface area contributed by atoms with E-state index in [2.05, 4.69) is 25.0 Å². The van der Waals surface area contributed by atoms with Crippen LogP contribution >= 0.6 is 0 Å². The number of aliphatic hydroxyl groups excluding tert-OH is 2. The number of rotatable bonds is 13. The average Bonchev–Trinajstić information content (AvgIpc) is 3.70. The maximum absolute atomic E-state index is 15.6. The van der Waals surface area contributed by atoms with Gasteiger partial charge in [-0.2, -0.15) is 0 Å². The molecule has 1 atom stereocenters. The number of nitrogens with one attached hydrogen (secondary N) is 2. The molecular weight excluding hydrogens is 633 g/mol. The van der Waals surface area contributed by atoms with Crippen molar-refractivity contribution in [3.05, 3.63) is 53.5 Å². The molecule has 1 amide bonds. The summed E-state index contributed by atoms with van der Waals surface area (Å²) in [5.41, 5.74) is -0.183. The number of carboxylic acids is 1. The van der Waals surface area contributed by atoms with Gasteiger partial charge in [0.1, 0.15) is 5.82 Å². The molecule has 0 spiro atoms. The van der Waals surface area contributed by atoms with Gasteiger partial charge in [-0.05, 0) is 68.6 Å². The summed E-state index contributed by atoms with van der Waals surface area (Å²) in [5, 5.41) is 36.9. The second-order valence-electron chi connectivity index (χ2n) is 13.8. The summed E-state index contributed by atoms with van der Waals surface area (Å²) in [6.45, 7) is 6.62. The number of halogens is 3. The van der Waals surface area contributed by atoms with E-state index in [-0.39, 0.29) is 42.8 Å². The molecule has 2 fully saturated rings. The van der Waals surface area contributed by atoms with E-state index in [1.165, 1.54) is 30.3 Å². The summed E-state index contributed by atoms with van der Waals surface area (Å²) >= 11 is 0. The number of fused-ring (bicyclic) bond motifs is 2. The van der Waals surface area contributed by atoms with Gasteiger partial charge >= 0.3 is 12.3 Å². The number of carbonyl (C=O) groups excluding carboxylic acids is 1. The number of carboxylic acid groups (broad SMARTS) is 1. The number of likely N-dealkylation sites (tertiary alicyclic amines) is 1. The Labute approximate surface area is 275 Å². The highest BCUT2D eigenvalue weighted by Gasteiger charge is 2.53. The van der Waals surface area contributed by atoms with E-state index in [0.29, 0.717) is 67.5 Å². The fourth-order valence-electron chi connectivity index (χ4n) is 6.66. The number of anilines is 1. The number of hydrogen-bond acceptors (Lipinski definition) is 8. The lowest BCUT2D eigenvalue weighted by Crippen LogP contribution is -2.41. The summed E-state index contributed by atoms with van der Waals surface area (Å²) < 4.78 is 53.5.